The van der Waals surface area contributed by atoms with Gasteiger partial charge in [0.1, 0.15) is 5.82 Å². The molecule has 1 N–H and O–H groups in total. The van der Waals surface area contributed by atoms with E-state index in [0.29, 0.717) is 22.5 Å². The Morgan fingerprint density at radius 2 is 1.65 bits per heavy atom. The minimum absolute atomic E-state index is 0.132. The van der Waals surface area contributed by atoms with E-state index in [1.807, 2.05) is 0 Å². The van der Waals surface area contributed by atoms with Crippen molar-refractivity contribution in [3.05, 3.63) is 95.8 Å². The fraction of sp³-hybridized carbons (Fsp3) is 0.130. The van der Waals surface area contributed by atoms with Gasteiger partial charge < -0.3 is 0 Å². The molecule has 31 heavy (non-hydrogen) atoms. The molecule has 8 heteroatoms. The van der Waals surface area contributed by atoms with Crippen molar-refractivity contribution in [3.8, 4) is 0 Å². The number of halogens is 1. The minimum atomic E-state index is -3.81. The quantitative estimate of drug-likeness (QED) is 0.646. The van der Waals surface area contributed by atoms with Crippen LogP contribution in [0.25, 0.3) is 0 Å². The number of hydrogen-bond acceptors (Lipinski definition) is 4. The molecule has 158 valence electrons. The van der Waals surface area contributed by atoms with Crippen molar-refractivity contribution < 1.29 is 17.6 Å². The predicted octanol–water partition coefficient (Wildman–Crippen LogP) is 4.32. The third kappa shape index (κ3) is 4.20. The van der Waals surface area contributed by atoms with Crippen molar-refractivity contribution >= 4 is 27.3 Å². The van der Waals surface area contributed by atoms with Crippen LogP contribution in [-0.2, 0) is 14.8 Å². The van der Waals surface area contributed by atoms with E-state index in [-0.39, 0.29) is 17.2 Å². The minimum Gasteiger partial charge on any atom is -0.279 e. The highest BCUT2D eigenvalue weighted by molar-refractivity contribution is 7.92. The van der Waals surface area contributed by atoms with Gasteiger partial charge in [-0.15, -0.1) is 0 Å². The molecule has 4 rings (SSSR count). The van der Waals surface area contributed by atoms with Crippen molar-refractivity contribution in [3.63, 3.8) is 0 Å². The summed E-state index contributed by atoms with van der Waals surface area (Å²) in [5, 5.41) is 5.67. The Balaban J connectivity index is 1.70. The Morgan fingerprint density at radius 1 is 1.00 bits per heavy atom. The van der Waals surface area contributed by atoms with Crippen LogP contribution in [0.5, 0.6) is 0 Å². The van der Waals surface area contributed by atoms with Gasteiger partial charge in [0.2, 0.25) is 5.91 Å². The number of anilines is 1. The first-order valence-corrected chi connectivity index (χ1v) is 11.1. The fourth-order valence-electron chi connectivity index (χ4n) is 3.58. The maximum Gasteiger partial charge on any atom is 0.261 e. The molecule has 3 aromatic rings. The number of hydrazone groups is 1. The second-order valence-electron chi connectivity index (χ2n) is 7.12. The van der Waals surface area contributed by atoms with Crippen LogP contribution in [0.1, 0.15) is 30.5 Å². The van der Waals surface area contributed by atoms with Gasteiger partial charge in [0, 0.05) is 24.5 Å². The number of carbonyl (C=O) groups is 1. The number of amides is 1. The summed E-state index contributed by atoms with van der Waals surface area (Å²) in [6.45, 7) is 1.37. The van der Waals surface area contributed by atoms with Gasteiger partial charge in [-0.1, -0.05) is 54.6 Å². The van der Waals surface area contributed by atoms with Crippen LogP contribution in [0, 0.1) is 5.82 Å². The molecule has 1 aliphatic rings. The highest BCUT2D eigenvalue weighted by Gasteiger charge is 2.34. The third-order valence-corrected chi connectivity index (χ3v) is 6.41. The molecule has 0 unspecified atom stereocenters. The summed E-state index contributed by atoms with van der Waals surface area (Å²) in [6.07, 6.45) is 0.255. The van der Waals surface area contributed by atoms with Crippen molar-refractivity contribution in [2.75, 3.05) is 4.72 Å². The van der Waals surface area contributed by atoms with E-state index < -0.39 is 21.9 Å². The maximum atomic E-state index is 14.4. The molecule has 6 nitrogen and oxygen atoms in total. The Morgan fingerprint density at radius 3 is 2.35 bits per heavy atom. The average Bonchev–Trinajstić information content (AvgIpc) is 3.20. The second kappa shape index (κ2) is 8.31. The first-order chi connectivity index (χ1) is 14.9. The van der Waals surface area contributed by atoms with Gasteiger partial charge in [-0.05, 0) is 24.3 Å². The molecule has 3 aromatic carbocycles. The average molecular weight is 437 g/mol. The van der Waals surface area contributed by atoms with Gasteiger partial charge in [-0.2, -0.15) is 5.10 Å². The summed E-state index contributed by atoms with van der Waals surface area (Å²) in [7, 11) is -3.81. The summed E-state index contributed by atoms with van der Waals surface area (Å²) in [5.41, 5.74) is 1.73. The Kier molecular flexibility index (Phi) is 5.56. The number of nitrogens with zero attached hydrogens (tertiary/aromatic N) is 2. The largest absolute Gasteiger partial charge is 0.279 e. The monoisotopic (exact) mass is 437 g/mol. The van der Waals surface area contributed by atoms with Crippen LogP contribution < -0.4 is 4.72 Å². The number of rotatable bonds is 5. The summed E-state index contributed by atoms with van der Waals surface area (Å²) in [5.74, 6) is -0.751. The second-order valence-corrected chi connectivity index (χ2v) is 8.80. The molecule has 1 amide bonds. The molecule has 0 saturated carbocycles. The molecule has 1 atom stereocenters. The molecule has 0 spiro atoms. The predicted molar refractivity (Wildman–Crippen MR) is 117 cm³/mol. The van der Waals surface area contributed by atoms with E-state index in [9.17, 15) is 17.6 Å². The lowest BCUT2D eigenvalue weighted by Gasteiger charge is -2.20. The summed E-state index contributed by atoms with van der Waals surface area (Å²) in [4.78, 5) is 12.3. The van der Waals surface area contributed by atoms with Crippen molar-refractivity contribution in [2.45, 2.75) is 24.3 Å². The van der Waals surface area contributed by atoms with Crippen LogP contribution in [0.3, 0.4) is 0 Å². The lowest BCUT2D eigenvalue weighted by atomic mass is 9.97. The van der Waals surface area contributed by atoms with E-state index in [0.717, 1.165) is 0 Å². The molecule has 1 heterocycles. The third-order valence-electron chi connectivity index (χ3n) is 5.03. The maximum absolute atomic E-state index is 14.4. The first kappa shape index (κ1) is 20.7. The smallest absolute Gasteiger partial charge is 0.261 e. The molecular formula is C23H20FN3O3S. The van der Waals surface area contributed by atoms with Gasteiger partial charge in [0.15, 0.2) is 0 Å². The van der Waals surface area contributed by atoms with Crippen molar-refractivity contribution in [1.82, 2.24) is 5.01 Å². The molecule has 0 aromatic heterocycles. The van der Waals surface area contributed by atoms with E-state index in [1.54, 1.807) is 60.7 Å². The van der Waals surface area contributed by atoms with E-state index >= 15 is 0 Å². The number of benzene rings is 3. The highest BCUT2D eigenvalue weighted by atomic mass is 32.2. The summed E-state index contributed by atoms with van der Waals surface area (Å²) >= 11 is 0. The molecule has 1 aliphatic heterocycles. The number of nitrogens with one attached hydrogen (secondary N) is 1. The standard InChI is InChI=1S/C23H20FN3O3S/c1-16(28)27-23(18-11-5-7-13-20(18)24)15-22(25-27)19-12-6-8-14-21(19)26-31(29,30)17-9-3-2-4-10-17/h2-14,23,26H,15H2,1H3/t23-/m0/s1. The molecular weight excluding hydrogens is 417 g/mol. The van der Waals surface area contributed by atoms with Crippen LogP contribution in [0.4, 0.5) is 10.1 Å². The summed E-state index contributed by atoms with van der Waals surface area (Å²) < 4.78 is 42.6. The van der Waals surface area contributed by atoms with Crippen LogP contribution in [-0.4, -0.2) is 25.0 Å². The normalized spacial score (nSPS) is 16.1. The van der Waals surface area contributed by atoms with Gasteiger partial charge in [-0.3, -0.25) is 9.52 Å². The van der Waals surface area contributed by atoms with E-state index in [4.69, 9.17) is 0 Å². The number of carbonyl (C=O) groups excluding carboxylic acids is 1. The van der Waals surface area contributed by atoms with Crippen molar-refractivity contribution in [2.24, 2.45) is 5.10 Å². The molecule has 0 radical (unpaired) electrons. The van der Waals surface area contributed by atoms with E-state index in [2.05, 4.69) is 9.82 Å². The lowest BCUT2D eigenvalue weighted by Crippen LogP contribution is -2.25. The molecule has 0 saturated heterocycles. The lowest BCUT2D eigenvalue weighted by molar-refractivity contribution is -0.130. The highest BCUT2D eigenvalue weighted by Crippen LogP contribution is 2.35. The molecule has 0 fully saturated rings. The zero-order valence-corrected chi connectivity index (χ0v) is 17.5. The van der Waals surface area contributed by atoms with Crippen LogP contribution in [0.15, 0.2) is 88.9 Å². The Hall–Kier alpha value is -3.52. The van der Waals surface area contributed by atoms with Crippen LogP contribution >= 0.6 is 0 Å². The fourth-order valence-corrected chi connectivity index (χ4v) is 4.68. The Labute approximate surface area is 180 Å². The number of para-hydroxylation sites is 1. The zero-order valence-electron chi connectivity index (χ0n) is 16.7. The Bertz CT molecular complexity index is 1260. The number of sulfonamides is 1. The van der Waals surface area contributed by atoms with Gasteiger partial charge in [-0.25, -0.2) is 17.8 Å². The zero-order chi connectivity index (χ0) is 22.0. The van der Waals surface area contributed by atoms with Gasteiger partial charge in [0.05, 0.1) is 22.3 Å². The van der Waals surface area contributed by atoms with E-state index in [1.165, 1.54) is 30.1 Å². The number of hydrogen-bond donors (Lipinski definition) is 1. The molecule has 0 aliphatic carbocycles. The van der Waals surface area contributed by atoms with Gasteiger partial charge >= 0.3 is 0 Å². The SMILES string of the molecule is CC(=O)N1N=C(c2ccccc2NS(=O)(=O)c2ccccc2)C[C@H]1c1ccccc1F. The summed E-state index contributed by atoms with van der Waals surface area (Å²) in [6, 6.07) is 20.5. The van der Waals surface area contributed by atoms with Gasteiger partial charge in [0.25, 0.3) is 10.0 Å². The van der Waals surface area contributed by atoms with Crippen molar-refractivity contribution in [1.29, 1.82) is 0 Å². The molecule has 0 bridgehead atoms. The topological polar surface area (TPSA) is 78.8 Å². The van der Waals surface area contributed by atoms with Crippen LogP contribution in [0.2, 0.25) is 0 Å². The first-order valence-electron chi connectivity index (χ1n) is 9.66.